The maximum Gasteiger partial charge on any atom is 0.335 e. The van der Waals surface area contributed by atoms with Crippen molar-refractivity contribution in [2.75, 3.05) is 13.2 Å². The fourth-order valence-electron chi connectivity index (χ4n) is 2.53. The molecular weight excluding hydrogens is 294 g/mol. The molecule has 116 valence electrons. The van der Waals surface area contributed by atoms with E-state index in [1.165, 1.54) is 0 Å². The summed E-state index contributed by atoms with van der Waals surface area (Å²) in [7, 11) is 0. The van der Waals surface area contributed by atoms with Crippen molar-refractivity contribution in [1.29, 1.82) is 5.26 Å². The lowest BCUT2D eigenvalue weighted by atomic mass is 9.92. The van der Waals surface area contributed by atoms with Gasteiger partial charge in [-0.3, -0.25) is 0 Å². The Kier molecular flexibility index (Phi) is 4.15. The number of hydrogen-bond donors (Lipinski definition) is 1. The van der Waals surface area contributed by atoms with Crippen LogP contribution in [-0.4, -0.2) is 24.3 Å². The maximum absolute atomic E-state index is 10.9. The highest BCUT2D eigenvalue weighted by molar-refractivity contribution is 5.87. The molecule has 0 amide bonds. The van der Waals surface area contributed by atoms with Crippen LogP contribution in [0.3, 0.4) is 0 Å². The van der Waals surface area contributed by atoms with Crippen molar-refractivity contribution in [3.05, 3.63) is 59.2 Å². The number of nitriles is 1. The van der Waals surface area contributed by atoms with Crippen LogP contribution in [0.4, 0.5) is 0 Å². The number of hydrogen-bond acceptors (Lipinski definition) is 4. The van der Waals surface area contributed by atoms with Gasteiger partial charge < -0.3 is 14.6 Å². The molecule has 0 spiro atoms. The molecule has 1 aliphatic heterocycles. The van der Waals surface area contributed by atoms with E-state index in [9.17, 15) is 10.1 Å². The standard InChI is InChI=1S/C18H15NO4/c19-11-15(9-12-1-3-13(4-2-12)18(20)21)14-5-6-16-17(10-14)23-8-7-22-16/h1-6,10,15H,7-9H2,(H,20,21). The van der Waals surface area contributed by atoms with E-state index in [4.69, 9.17) is 14.6 Å². The molecule has 0 aliphatic carbocycles. The van der Waals surface area contributed by atoms with Gasteiger partial charge in [-0.15, -0.1) is 0 Å². The lowest BCUT2D eigenvalue weighted by molar-refractivity contribution is 0.0697. The van der Waals surface area contributed by atoms with Crippen molar-refractivity contribution in [3.63, 3.8) is 0 Å². The topological polar surface area (TPSA) is 79.6 Å². The minimum Gasteiger partial charge on any atom is -0.486 e. The molecule has 0 bridgehead atoms. The molecule has 5 heteroatoms. The van der Waals surface area contributed by atoms with Crippen LogP contribution in [0.25, 0.3) is 0 Å². The monoisotopic (exact) mass is 309 g/mol. The van der Waals surface area contributed by atoms with Gasteiger partial charge in [0, 0.05) is 0 Å². The fourth-order valence-corrected chi connectivity index (χ4v) is 2.53. The number of carboxylic acid groups (broad SMARTS) is 1. The van der Waals surface area contributed by atoms with Crippen molar-refractivity contribution in [2.24, 2.45) is 0 Å². The summed E-state index contributed by atoms with van der Waals surface area (Å²) in [5.74, 6) is 0.0689. The van der Waals surface area contributed by atoms with Gasteiger partial charge in [0.2, 0.25) is 0 Å². The zero-order valence-electron chi connectivity index (χ0n) is 12.4. The van der Waals surface area contributed by atoms with Gasteiger partial charge in [-0.25, -0.2) is 4.79 Å². The van der Waals surface area contributed by atoms with Crippen LogP contribution in [-0.2, 0) is 6.42 Å². The van der Waals surface area contributed by atoms with E-state index in [1.54, 1.807) is 24.3 Å². The summed E-state index contributed by atoms with van der Waals surface area (Å²) in [6.45, 7) is 1.04. The Morgan fingerprint density at radius 2 is 1.83 bits per heavy atom. The number of carbonyl (C=O) groups is 1. The van der Waals surface area contributed by atoms with Gasteiger partial charge in [0.1, 0.15) is 13.2 Å². The third-order valence-corrected chi connectivity index (χ3v) is 3.77. The van der Waals surface area contributed by atoms with Crippen molar-refractivity contribution >= 4 is 5.97 Å². The van der Waals surface area contributed by atoms with Crippen LogP contribution >= 0.6 is 0 Å². The van der Waals surface area contributed by atoms with E-state index in [0.717, 1.165) is 11.1 Å². The van der Waals surface area contributed by atoms with Crippen LogP contribution < -0.4 is 9.47 Å². The molecule has 0 saturated carbocycles. The fraction of sp³-hybridized carbons (Fsp3) is 0.222. The highest BCUT2D eigenvalue weighted by Gasteiger charge is 2.17. The summed E-state index contributed by atoms with van der Waals surface area (Å²) < 4.78 is 11.0. The molecule has 1 unspecified atom stereocenters. The van der Waals surface area contributed by atoms with Gasteiger partial charge in [-0.1, -0.05) is 18.2 Å². The molecule has 0 radical (unpaired) electrons. The van der Waals surface area contributed by atoms with Gasteiger partial charge >= 0.3 is 5.97 Å². The van der Waals surface area contributed by atoms with Crippen molar-refractivity contribution in [2.45, 2.75) is 12.3 Å². The normalized spacial score (nSPS) is 13.9. The molecule has 0 saturated heterocycles. The van der Waals surface area contributed by atoms with E-state index in [0.29, 0.717) is 31.1 Å². The first kappa shape index (κ1) is 14.9. The Morgan fingerprint density at radius 1 is 1.13 bits per heavy atom. The van der Waals surface area contributed by atoms with Gasteiger partial charge in [-0.2, -0.15) is 5.26 Å². The summed E-state index contributed by atoms with van der Waals surface area (Å²) in [6.07, 6.45) is 0.510. The Hall–Kier alpha value is -3.00. The van der Waals surface area contributed by atoms with E-state index in [-0.39, 0.29) is 11.5 Å². The van der Waals surface area contributed by atoms with Crippen molar-refractivity contribution in [3.8, 4) is 17.6 Å². The molecule has 3 rings (SSSR count). The Labute approximate surface area is 133 Å². The van der Waals surface area contributed by atoms with E-state index in [1.807, 2.05) is 18.2 Å². The number of nitrogens with zero attached hydrogens (tertiary/aromatic N) is 1. The zero-order valence-corrected chi connectivity index (χ0v) is 12.4. The minimum atomic E-state index is -0.958. The maximum atomic E-state index is 10.9. The van der Waals surface area contributed by atoms with Crippen LogP contribution in [0.5, 0.6) is 11.5 Å². The molecular formula is C18H15NO4. The molecule has 1 heterocycles. The highest BCUT2D eigenvalue weighted by atomic mass is 16.6. The number of aromatic carboxylic acids is 1. The molecule has 0 aromatic heterocycles. The molecule has 1 atom stereocenters. The Bertz CT molecular complexity index is 762. The van der Waals surface area contributed by atoms with Crippen molar-refractivity contribution < 1.29 is 19.4 Å². The van der Waals surface area contributed by atoms with Crippen LogP contribution in [0, 0.1) is 11.3 Å². The summed E-state index contributed by atoms with van der Waals surface area (Å²) in [5, 5.41) is 18.4. The first-order chi connectivity index (χ1) is 11.2. The molecule has 1 N–H and O–H groups in total. The van der Waals surface area contributed by atoms with Crippen molar-refractivity contribution in [1.82, 2.24) is 0 Å². The predicted molar refractivity (Wildman–Crippen MR) is 82.9 cm³/mol. The number of ether oxygens (including phenoxy) is 2. The summed E-state index contributed by atoms with van der Waals surface area (Å²) in [4.78, 5) is 10.9. The molecule has 1 aliphatic rings. The Balaban J connectivity index is 1.80. The van der Waals surface area contributed by atoms with Crippen LogP contribution in [0.1, 0.15) is 27.4 Å². The first-order valence-corrected chi connectivity index (χ1v) is 7.29. The second-order valence-electron chi connectivity index (χ2n) is 5.29. The molecule has 2 aromatic rings. The lowest BCUT2D eigenvalue weighted by Crippen LogP contribution is -2.15. The number of rotatable bonds is 4. The third-order valence-electron chi connectivity index (χ3n) is 3.77. The van der Waals surface area contributed by atoms with E-state index < -0.39 is 5.97 Å². The quantitative estimate of drug-likeness (QED) is 0.939. The summed E-state index contributed by atoms with van der Waals surface area (Å²) in [6, 6.07) is 14.4. The molecule has 23 heavy (non-hydrogen) atoms. The number of benzene rings is 2. The molecule has 0 fully saturated rings. The van der Waals surface area contributed by atoms with Gasteiger partial charge in [0.05, 0.1) is 17.6 Å². The predicted octanol–water partition coefficient (Wildman–Crippen LogP) is 3.01. The molecule has 2 aromatic carbocycles. The summed E-state index contributed by atoms with van der Waals surface area (Å²) >= 11 is 0. The second kappa shape index (κ2) is 6.41. The second-order valence-corrected chi connectivity index (χ2v) is 5.29. The van der Waals surface area contributed by atoms with Gasteiger partial charge in [0.25, 0.3) is 0 Å². The number of fused-ring (bicyclic) bond motifs is 1. The summed E-state index contributed by atoms with van der Waals surface area (Å²) in [5.41, 5.74) is 2.01. The zero-order chi connectivity index (χ0) is 16.2. The first-order valence-electron chi connectivity index (χ1n) is 7.29. The van der Waals surface area contributed by atoms with E-state index >= 15 is 0 Å². The third kappa shape index (κ3) is 3.27. The van der Waals surface area contributed by atoms with Crippen LogP contribution in [0.2, 0.25) is 0 Å². The average Bonchev–Trinajstić information content (AvgIpc) is 2.59. The highest BCUT2D eigenvalue weighted by Crippen LogP contribution is 2.33. The molecule has 5 nitrogen and oxygen atoms in total. The van der Waals surface area contributed by atoms with E-state index in [2.05, 4.69) is 6.07 Å². The minimum absolute atomic E-state index is 0.238. The Morgan fingerprint density at radius 3 is 2.48 bits per heavy atom. The van der Waals surface area contributed by atoms with Crippen LogP contribution in [0.15, 0.2) is 42.5 Å². The SMILES string of the molecule is N#CC(Cc1ccc(C(=O)O)cc1)c1ccc2c(c1)OCCO2. The number of carboxylic acids is 1. The van der Waals surface area contributed by atoms with Gasteiger partial charge in [-0.05, 0) is 41.8 Å². The largest absolute Gasteiger partial charge is 0.486 e. The smallest absolute Gasteiger partial charge is 0.335 e. The lowest BCUT2D eigenvalue weighted by Gasteiger charge is -2.20. The average molecular weight is 309 g/mol. The van der Waals surface area contributed by atoms with Gasteiger partial charge in [0.15, 0.2) is 11.5 Å².